The van der Waals surface area contributed by atoms with Crippen molar-refractivity contribution in [2.24, 2.45) is 16.1 Å². The highest BCUT2D eigenvalue weighted by Crippen LogP contribution is 2.19. The lowest BCUT2D eigenvalue weighted by Gasteiger charge is -2.17. The van der Waals surface area contributed by atoms with Crippen molar-refractivity contribution in [1.82, 2.24) is 0 Å². The molecule has 0 amide bonds. The number of aryl methyl sites for hydroxylation is 1. The van der Waals surface area contributed by atoms with Gasteiger partial charge in [0.25, 0.3) is 0 Å². The Morgan fingerprint density at radius 1 is 1.47 bits per heavy atom. The van der Waals surface area contributed by atoms with E-state index in [4.69, 9.17) is 5.73 Å². The number of thiophene rings is 1. The molecule has 84 valence electrons. The molecule has 0 aliphatic heterocycles. The van der Waals surface area contributed by atoms with Crippen LogP contribution < -0.4 is 5.73 Å². The molecule has 2 N–H and O–H groups in total. The molecule has 3 heteroatoms. The minimum Gasteiger partial charge on any atom is -0.387 e. The Kier molecular flexibility index (Phi) is 3.91. The van der Waals surface area contributed by atoms with E-state index >= 15 is 0 Å². The normalized spacial score (nSPS) is 13.2. The minimum absolute atomic E-state index is 0.0242. The van der Waals surface area contributed by atoms with Gasteiger partial charge in [-0.2, -0.15) is 0 Å². The van der Waals surface area contributed by atoms with E-state index in [0.717, 1.165) is 18.8 Å². The second kappa shape index (κ2) is 4.79. The molecule has 0 saturated heterocycles. The van der Waals surface area contributed by atoms with Crippen LogP contribution in [-0.2, 0) is 13.0 Å². The van der Waals surface area contributed by atoms with Crippen LogP contribution in [-0.4, -0.2) is 5.84 Å². The summed E-state index contributed by atoms with van der Waals surface area (Å²) < 4.78 is 0. The van der Waals surface area contributed by atoms with Crippen molar-refractivity contribution in [3.05, 3.63) is 21.9 Å². The Hall–Kier alpha value is -0.830. The van der Waals surface area contributed by atoms with Gasteiger partial charge in [-0.1, -0.05) is 27.7 Å². The summed E-state index contributed by atoms with van der Waals surface area (Å²) >= 11 is 1.76. The SMILES string of the molecule is CCc1ccsc1CN=C(N)C(C)(C)C. The van der Waals surface area contributed by atoms with Gasteiger partial charge in [0.1, 0.15) is 0 Å². The summed E-state index contributed by atoms with van der Waals surface area (Å²) in [5.74, 6) is 0.734. The van der Waals surface area contributed by atoms with Gasteiger partial charge in [-0.3, -0.25) is 4.99 Å². The fourth-order valence-electron chi connectivity index (χ4n) is 1.21. The molecule has 0 atom stereocenters. The molecule has 1 rings (SSSR count). The van der Waals surface area contributed by atoms with E-state index in [1.54, 1.807) is 11.3 Å². The highest BCUT2D eigenvalue weighted by molar-refractivity contribution is 7.10. The average Bonchev–Trinajstić information content (AvgIpc) is 2.59. The summed E-state index contributed by atoms with van der Waals surface area (Å²) in [5.41, 5.74) is 7.28. The van der Waals surface area contributed by atoms with Crippen molar-refractivity contribution in [3.8, 4) is 0 Å². The van der Waals surface area contributed by atoms with Crippen molar-refractivity contribution in [1.29, 1.82) is 0 Å². The lowest BCUT2D eigenvalue weighted by atomic mass is 9.95. The van der Waals surface area contributed by atoms with Crippen LogP contribution >= 0.6 is 11.3 Å². The van der Waals surface area contributed by atoms with Gasteiger partial charge in [0, 0.05) is 10.3 Å². The number of nitrogens with zero attached hydrogens (tertiary/aromatic N) is 1. The van der Waals surface area contributed by atoms with Gasteiger partial charge in [0.05, 0.1) is 12.4 Å². The zero-order valence-corrected chi connectivity index (χ0v) is 10.8. The van der Waals surface area contributed by atoms with Crippen LogP contribution in [0.2, 0.25) is 0 Å². The molecule has 15 heavy (non-hydrogen) atoms. The fraction of sp³-hybridized carbons (Fsp3) is 0.583. The van der Waals surface area contributed by atoms with Gasteiger partial charge in [0.2, 0.25) is 0 Å². The number of hydrogen-bond donors (Lipinski definition) is 1. The van der Waals surface area contributed by atoms with Gasteiger partial charge in [0.15, 0.2) is 0 Å². The smallest absolute Gasteiger partial charge is 0.0995 e. The Morgan fingerprint density at radius 3 is 2.67 bits per heavy atom. The van der Waals surface area contributed by atoms with E-state index in [1.165, 1.54) is 10.4 Å². The zero-order valence-electron chi connectivity index (χ0n) is 10.0. The Labute approximate surface area is 96.2 Å². The fourth-order valence-corrected chi connectivity index (χ4v) is 2.11. The first-order valence-electron chi connectivity index (χ1n) is 5.30. The topological polar surface area (TPSA) is 38.4 Å². The third-order valence-electron chi connectivity index (χ3n) is 2.38. The van der Waals surface area contributed by atoms with Crippen molar-refractivity contribution >= 4 is 17.2 Å². The Morgan fingerprint density at radius 2 is 2.13 bits per heavy atom. The minimum atomic E-state index is -0.0242. The molecule has 0 aliphatic rings. The largest absolute Gasteiger partial charge is 0.387 e. The van der Waals surface area contributed by atoms with Crippen LogP contribution in [0.3, 0.4) is 0 Å². The van der Waals surface area contributed by atoms with Crippen molar-refractivity contribution in [2.45, 2.75) is 40.7 Å². The van der Waals surface area contributed by atoms with Crippen LogP contribution in [0.1, 0.15) is 38.1 Å². The van der Waals surface area contributed by atoms with E-state index in [0.29, 0.717) is 0 Å². The molecule has 0 unspecified atom stereocenters. The van der Waals surface area contributed by atoms with E-state index in [1.807, 2.05) is 0 Å². The summed E-state index contributed by atoms with van der Waals surface area (Å²) in [5, 5.41) is 2.12. The molecule has 2 nitrogen and oxygen atoms in total. The maximum Gasteiger partial charge on any atom is 0.0995 e. The molecule has 0 saturated carbocycles. The highest BCUT2D eigenvalue weighted by atomic mass is 32.1. The number of nitrogens with two attached hydrogens (primary N) is 1. The van der Waals surface area contributed by atoms with Crippen molar-refractivity contribution in [2.75, 3.05) is 0 Å². The number of amidine groups is 1. The van der Waals surface area contributed by atoms with Crippen LogP contribution in [0, 0.1) is 5.41 Å². The second-order valence-corrected chi connectivity index (χ2v) is 5.67. The van der Waals surface area contributed by atoms with Gasteiger partial charge < -0.3 is 5.73 Å². The molecule has 0 bridgehead atoms. The third-order valence-corrected chi connectivity index (χ3v) is 3.33. The van der Waals surface area contributed by atoms with Crippen molar-refractivity contribution < 1.29 is 0 Å². The molecule has 0 aliphatic carbocycles. The average molecular weight is 224 g/mol. The summed E-state index contributed by atoms with van der Waals surface area (Å²) in [6.45, 7) is 9.15. The first kappa shape index (κ1) is 12.2. The first-order valence-corrected chi connectivity index (χ1v) is 6.18. The molecule has 0 fully saturated rings. The monoisotopic (exact) mass is 224 g/mol. The predicted molar refractivity (Wildman–Crippen MR) is 68.5 cm³/mol. The van der Waals surface area contributed by atoms with E-state index in [2.05, 4.69) is 44.1 Å². The van der Waals surface area contributed by atoms with Gasteiger partial charge in [-0.15, -0.1) is 11.3 Å². The standard InChI is InChI=1S/C12H20N2S/c1-5-9-6-7-15-10(9)8-14-11(13)12(2,3)4/h6-7H,5,8H2,1-4H3,(H2,13,14). The lowest BCUT2D eigenvalue weighted by Crippen LogP contribution is -2.28. The van der Waals surface area contributed by atoms with Crippen LogP contribution in [0.25, 0.3) is 0 Å². The molecule has 1 aromatic rings. The number of hydrogen-bond acceptors (Lipinski definition) is 2. The number of rotatable bonds is 3. The molecule has 1 heterocycles. The third kappa shape index (κ3) is 3.34. The van der Waals surface area contributed by atoms with E-state index < -0.39 is 0 Å². The second-order valence-electron chi connectivity index (χ2n) is 4.67. The molecule has 0 radical (unpaired) electrons. The summed E-state index contributed by atoms with van der Waals surface area (Å²) in [7, 11) is 0. The van der Waals surface area contributed by atoms with Crippen molar-refractivity contribution in [3.63, 3.8) is 0 Å². The van der Waals surface area contributed by atoms with Crippen LogP contribution in [0.4, 0.5) is 0 Å². The highest BCUT2D eigenvalue weighted by Gasteiger charge is 2.15. The predicted octanol–water partition coefficient (Wildman–Crippen LogP) is 3.21. The maximum atomic E-state index is 5.91. The van der Waals surface area contributed by atoms with Gasteiger partial charge >= 0.3 is 0 Å². The lowest BCUT2D eigenvalue weighted by molar-refractivity contribution is 0.581. The summed E-state index contributed by atoms with van der Waals surface area (Å²) in [6, 6.07) is 2.17. The Balaban J connectivity index is 2.72. The van der Waals surface area contributed by atoms with E-state index in [-0.39, 0.29) is 5.41 Å². The summed E-state index contributed by atoms with van der Waals surface area (Å²) in [6.07, 6.45) is 1.07. The van der Waals surface area contributed by atoms with Gasteiger partial charge in [-0.25, -0.2) is 0 Å². The molecule has 1 aromatic heterocycles. The maximum absolute atomic E-state index is 5.91. The molecular weight excluding hydrogens is 204 g/mol. The van der Waals surface area contributed by atoms with Crippen LogP contribution in [0.5, 0.6) is 0 Å². The molecule has 0 spiro atoms. The number of aliphatic imine (C=N–C) groups is 1. The first-order chi connectivity index (χ1) is 6.95. The van der Waals surface area contributed by atoms with Crippen LogP contribution in [0.15, 0.2) is 16.4 Å². The quantitative estimate of drug-likeness (QED) is 0.621. The zero-order chi connectivity index (χ0) is 11.5. The summed E-state index contributed by atoms with van der Waals surface area (Å²) in [4.78, 5) is 5.79. The van der Waals surface area contributed by atoms with Gasteiger partial charge in [-0.05, 0) is 23.4 Å². The molecular formula is C12H20N2S. The Bertz CT molecular complexity index is 345. The van der Waals surface area contributed by atoms with E-state index in [9.17, 15) is 0 Å². The molecule has 0 aromatic carbocycles.